The molecule has 1 heterocycles. The molecule has 0 unspecified atom stereocenters. The Bertz CT molecular complexity index is 431. The summed E-state index contributed by atoms with van der Waals surface area (Å²) >= 11 is 0. The van der Waals surface area contributed by atoms with Crippen molar-refractivity contribution >= 4 is 5.78 Å². The van der Waals surface area contributed by atoms with Gasteiger partial charge in [-0.3, -0.25) is 9.89 Å². The quantitative estimate of drug-likeness (QED) is 0.732. The highest BCUT2D eigenvalue weighted by atomic mass is 16.1. The number of aromatic amines is 1. The summed E-state index contributed by atoms with van der Waals surface area (Å²) in [5, 5.41) is 6.21. The van der Waals surface area contributed by atoms with Gasteiger partial charge >= 0.3 is 0 Å². The molecule has 1 aromatic carbocycles. The molecule has 1 aliphatic rings. The Balaban J connectivity index is 0.000000162. The second kappa shape index (κ2) is 5.26. The Morgan fingerprint density at radius 3 is 2.62 bits per heavy atom. The molecule has 3 nitrogen and oxygen atoms in total. The van der Waals surface area contributed by atoms with E-state index in [1.807, 2.05) is 30.3 Å². The van der Waals surface area contributed by atoms with Crippen LogP contribution in [0.5, 0.6) is 0 Å². The van der Waals surface area contributed by atoms with Crippen LogP contribution in [-0.2, 0) is 6.42 Å². The van der Waals surface area contributed by atoms with Crippen molar-refractivity contribution in [3.05, 3.63) is 53.9 Å². The summed E-state index contributed by atoms with van der Waals surface area (Å²) < 4.78 is 0. The number of fused-ring (bicyclic) bond motifs is 1. The van der Waals surface area contributed by atoms with Crippen molar-refractivity contribution in [2.24, 2.45) is 0 Å². The number of carbonyl (C=O) groups excluding carboxylic acids is 1. The van der Waals surface area contributed by atoms with E-state index in [1.54, 1.807) is 12.4 Å². The van der Waals surface area contributed by atoms with Gasteiger partial charge in [-0.15, -0.1) is 0 Å². The number of H-pyrrole nitrogens is 1. The molecule has 0 atom stereocenters. The van der Waals surface area contributed by atoms with E-state index in [0.717, 1.165) is 24.8 Å². The Labute approximate surface area is 94.5 Å². The number of ketones is 1. The van der Waals surface area contributed by atoms with Gasteiger partial charge in [0.05, 0.1) is 0 Å². The number of hydrogen-bond acceptors (Lipinski definition) is 2. The van der Waals surface area contributed by atoms with E-state index in [2.05, 4.69) is 10.2 Å². The van der Waals surface area contributed by atoms with Gasteiger partial charge in [-0.2, -0.15) is 5.10 Å². The van der Waals surface area contributed by atoms with E-state index in [0.29, 0.717) is 5.78 Å². The Kier molecular flexibility index (Phi) is 3.49. The molecule has 0 saturated heterocycles. The van der Waals surface area contributed by atoms with Crippen molar-refractivity contribution in [3.63, 3.8) is 0 Å². The molecule has 3 rings (SSSR count). The zero-order valence-electron chi connectivity index (χ0n) is 9.02. The molecule has 0 aliphatic heterocycles. The van der Waals surface area contributed by atoms with Crippen LogP contribution >= 0.6 is 0 Å². The Hall–Kier alpha value is -1.90. The smallest absolute Gasteiger partial charge is 0.163 e. The van der Waals surface area contributed by atoms with Crippen LogP contribution in [-0.4, -0.2) is 16.0 Å². The standard InChI is InChI=1S/C10H10O.C3H4N2/c11-10-7-3-5-8-4-1-2-6-9(8)10;1-2-4-5-3-1/h1-2,4,6H,3,5,7H2;1-3H,(H,4,5). The maximum atomic E-state index is 11.3. The maximum absolute atomic E-state index is 11.3. The number of rotatable bonds is 0. The lowest BCUT2D eigenvalue weighted by atomic mass is 9.91. The van der Waals surface area contributed by atoms with Gasteiger partial charge in [-0.25, -0.2) is 0 Å². The van der Waals surface area contributed by atoms with Crippen molar-refractivity contribution < 1.29 is 4.79 Å². The molecule has 2 aromatic rings. The maximum Gasteiger partial charge on any atom is 0.163 e. The van der Waals surface area contributed by atoms with E-state index in [1.165, 1.54) is 5.56 Å². The minimum atomic E-state index is 0.312. The predicted octanol–water partition coefficient (Wildman–Crippen LogP) is 2.62. The van der Waals surface area contributed by atoms with Crippen LogP contribution in [0.1, 0.15) is 28.8 Å². The number of hydrogen-bond donors (Lipinski definition) is 1. The molecule has 0 saturated carbocycles. The number of carbonyl (C=O) groups is 1. The molecule has 1 aromatic heterocycles. The molecule has 1 aliphatic carbocycles. The second-order valence-corrected chi connectivity index (χ2v) is 3.70. The topological polar surface area (TPSA) is 45.8 Å². The zero-order chi connectivity index (χ0) is 11.2. The third kappa shape index (κ3) is 2.57. The van der Waals surface area contributed by atoms with Gasteiger partial charge in [0.1, 0.15) is 0 Å². The van der Waals surface area contributed by atoms with E-state index in [4.69, 9.17) is 0 Å². The van der Waals surface area contributed by atoms with Gasteiger partial charge < -0.3 is 0 Å². The molecule has 0 radical (unpaired) electrons. The zero-order valence-corrected chi connectivity index (χ0v) is 9.02. The van der Waals surface area contributed by atoms with Gasteiger partial charge in [-0.1, -0.05) is 24.3 Å². The third-order valence-corrected chi connectivity index (χ3v) is 2.57. The highest BCUT2D eigenvalue weighted by Crippen LogP contribution is 2.19. The van der Waals surface area contributed by atoms with E-state index >= 15 is 0 Å². The van der Waals surface area contributed by atoms with Gasteiger partial charge in [-0.05, 0) is 24.5 Å². The largest absolute Gasteiger partial charge is 0.294 e. The molecule has 0 spiro atoms. The number of aromatic nitrogens is 2. The number of nitrogens with zero attached hydrogens (tertiary/aromatic N) is 1. The van der Waals surface area contributed by atoms with Crippen LogP contribution in [0.15, 0.2) is 42.7 Å². The first-order chi connectivity index (χ1) is 7.88. The van der Waals surface area contributed by atoms with Crippen molar-refractivity contribution in [2.75, 3.05) is 0 Å². The first kappa shape index (κ1) is 10.6. The van der Waals surface area contributed by atoms with Crippen LogP contribution < -0.4 is 0 Å². The van der Waals surface area contributed by atoms with Gasteiger partial charge in [0.15, 0.2) is 5.78 Å². The highest BCUT2D eigenvalue weighted by Gasteiger charge is 2.14. The summed E-state index contributed by atoms with van der Waals surface area (Å²) in [5.74, 6) is 0.312. The fourth-order valence-electron chi connectivity index (χ4n) is 1.80. The van der Waals surface area contributed by atoms with Crippen LogP contribution in [0.25, 0.3) is 0 Å². The van der Waals surface area contributed by atoms with Gasteiger partial charge in [0.2, 0.25) is 0 Å². The van der Waals surface area contributed by atoms with Crippen LogP contribution in [0, 0.1) is 0 Å². The normalized spacial score (nSPS) is 13.6. The summed E-state index contributed by atoms with van der Waals surface area (Å²) in [6.45, 7) is 0. The summed E-state index contributed by atoms with van der Waals surface area (Å²) in [7, 11) is 0. The highest BCUT2D eigenvalue weighted by molar-refractivity contribution is 5.98. The average molecular weight is 214 g/mol. The predicted molar refractivity (Wildman–Crippen MR) is 62.3 cm³/mol. The second-order valence-electron chi connectivity index (χ2n) is 3.70. The number of benzene rings is 1. The molecule has 1 N–H and O–H groups in total. The average Bonchev–Trinajstić information content (AvgIpc) is 2.88. The van der Waals surface area contributed by atoms with E-state index in [9.17, 15) is 4.79 Å². The summed E-state index contributed by atoms with van der Waals surface area (Å²) in [6.07, 6.45) is 6.29. The number of nitrogens with one attached hydrogen (secondary N) is 1. The fraction of sp³-hybridized carbons (Fsp3) is 0.231. The molecule has 3 heteroatoms. The van der Waals surface area contributed by atoms with Gasteiger partial charge in [0.25, 0.3) is 0 Å². The SMILES string of the molecule is O=C1CCCc2ccccc21.c1cn[nH]c1. The molecule has 0 fully saturated rings. The molecular weight excluding hydrogens is 200 g/mol. The lowest BCUT2D eigenvalue weighted by molar-refractivity contribution is 0.0972. The van der Waals surface area contributed by atoms with Gasteiger partial charge in [0, 0.05) is 24.4 Å². The lowest BCUT2D eigenvalue weighted by Crippen LogP contribution is -2.09. The Morgan fingerprint density at radius 2 is 2.00 bits per heavy atom. The monoisotopic (exact) mass is 214 g/mol. The third-order valence-electron chi connectivity index (χ3n) is 2.57. The van der Waals surface area contributed by atoms with Crippen molar-refractivity contribution in [2.45, 2.75) is 19.3 Å². The van der Waals surface area contributed by atoms with Crippen molar-refractivity contribution in [3.8, 4) is 0 Å². The first-order valence-electron chi connectivity index (χ1n) is 5.43. The minimum Gasteiger partial charge on any atom is -0.294 e. The summed E-state index contributed by atoms with van der Waals surface area (Å²) in [6, 6.07) is 9.74. The Morgan fingerprint density at radius 1 is 1.12 bits per heavy atom. The van der Waals surface area contributed by atoms with E-state index in [-0.39, 0.29) is 0 Å². The summed E-state index contributed by atoms with van der Waals surface area (Å²) in [4.78, 5) is 11.3. The molecule has 0 bridgehead atoms. The minimum absolute atomic E-state index is 0.312. The number of Topliss-reactive ketones (excluding diaryl/α,β-unsaturated/α-hetero) is 1. The molecule has 0 amide bonds. The van der Waals surface area contributed by atoms with Crippen LogP contribution in [0.2, 0.25) is 0 Å². The molecule has 16 heavy (non-hydrogen) atoms. The number of aryl methyl sites for hydroxylation is 1. The van der Waals surface area contributed by atoms with Crippen molar-refractivity contribution in [1.82, 2.24) is 10.2 Å². The van der Waals surface area contributed by atoms with Crippen molar-refractivity contribution in [1.29, 1.82) is 0 Å². The van der Waals surface area contributed by atoms with Crippen LogP contribution in [0.3, 0.4) is 0 Å². The summed E-state index contributed by atoms with van der Waals surface area (Å²) in [5.41, 5.74) is 2.17. The van der Waals surface area contributed by atoms with Crippen LogP contribution in [0.4, 0.5) is 0 Å². The first-order valence-corrected chi connectivity index (χ1v) is 5.43. The molecule has 82 valence electrons. The lowest BCUT2D eigenvalue weighted by Gasteiger charge is -2.12. The van der Waals surface area contributed by atoms with E-state index < -0.39 is 0 Å². The fourth-order valence-corrected chi connectivity index (χ4v) is 1.80. The molecular formula is C13H14N2O.